The first-order valence-corrected chi connectivity index (χ1v) is 10.6. The molecule has 2 rings (SSSR count). The maximum absolute atomic E-state index is 12.2. The van der Waals surface area contributed by atoms with Gasteiger partial charge in [0.15, 0.2) is 6.61 Å². The third-order valence-corrected chi connectivity index (χ3v) is 4.90. The number of hydrogen-bond acceptors (Lipinski definition) is 6. The van der Waals surface area contributed by atoms with Crippen LogP contribution in [0.25, 0.3) is 0 Å². The number of hydrogen-bond donors (Lipinski definition) is 1. The first-order chi connectivity index (χ1) is 14.1. The Kier molecular flexibility index (Phi) is 8.74. The van der Waals surface area contributed by atoms with Gasteiger partial charge in [-0.2, -0.15) is 5.10 Å². The van der Waals surface area contributed by atoms with Gasteiger partial charge in [0.2, 0.25) is 0 Å². The Morgan fingerprint density at radius 3 is 2.37 bits per heavy atom. The van der Waals surface area contributed by atoms with Crippen LogP contribution >= 0.6 is 23.4 Å². The molecule has 8 heteroatoms. The topological polar surface area (TPSA) is 77.0 Å². The first-order valence-electron chi connectivity index (χ1n) is 9.32. The van der Waals surface area contributed by atoms with Crippen molar-refractivity contribution in [2.75, 3.05) is 6.61 Å². The Morgan fingerprint density at radius 2 is 1.77 bits per heavy atom. The molecule has 0 aliphatic carbocycles. The largest absolute Gasteiger partial charge is 0.482 e. The lowest BCUT2D eigenvalue weighted by Gasteiger charge is -2.19. The van der Waals surface area contributed by atoms with Crippen LogP contribution in [0.5, 0.6) is 5.75 Å². The second-order valence-electron chi connectivity index (χ2n) is 7.39. The van der Waals surface area contributed by atoms with Crippen molar-refractivity contribution in [3.8, 4) is 5.75 Å². The van der Waals surface area contributed by atoms with E-state index in [-0.39, 0.29) is 17.8 Å². The molecule has 0 heterocycles. The van der Waals surface area contributed by atoms with Crippen molar-refractivity contribution < 1.29 is 19.1 Å². The number of hydrazone groups is 1. The van der Waals surface area contributed by atoms with Crippen molar-refractivity contribution in [1.82, 2.24) is 5.43 Å². The van der Waals surface area contributed by atoms with Crippen LogP contribution in [-0.2, 0) is 14.3 Å². The summed E-state index contributed by atoms with van der Waals surface area (Å²) in [5, 5.41) is 4.33. The zero-order valence-electron chi connectivity index (χ0n) is 17.3. The van der Waals surface area contributed by atoms with Crippen molar-refractivity contribution in [1.29, 1.82) is 0 Å². The SMILES string of the molecule is C[C@H](Sc1ccc(Cl)cc1)C(=O)N/N=C\c1ccc(OCC(=O)OC(C)(C)C)cc1. The summed E-state index contributed by atoms with van der Waals surface area (Å²) >= 11 is 7.29. The summed E-state index contributed by atoms with van der Waals surface area (Å²) in [4.78, 5) is 24.8. The number of halogens is 1. The van der Waals surface area contributed by atoms with Gasteiger partial charge in [0.05, 0.1) is 11.5 Å². The summed E-state index contributed by atoms with van der Waals surface area (Å²) in [6.45, 7) is 7.05. The number of carbonyl (C=O) groups is 2. The van der Waals surface area contributed by atoms with E-state index in [1.54, 1.807) is 64.1 Å². The number of nitrogens with one attached hydrogen (secondary N) is 1. The number of amides is 1. The third kappa shape index (κ3) is 8.88. The van der Waals surface area contributed by atoms with Crippen molar-refractivity contribution in [3.63, 3.8) is 0 Å². The normalized spacial score (nSPS) is 12.4. The predicted molar refractivity (Wildman–Crippen MR) is 120 cm³/mol. The van der Waals surface area contributed by atoms with Crippen LogP contribution < -0.4 is 10.2 Å². The number of esters is 1. The van der Waals surface area contributed by atoms with Gasteiger partial charge in [-0.15, -0.1) is 11.8 Å². The summed E-state index contributed by atoms with van der Waals surface area (Å²) in [7, 11) is 0. The monoisotopic (exact) mass is 448 g/mol. The number of ether oxygens (including phenoxy) is 2. The van der Waals surface area contributed by atoms with Gasteiger partial charge >= 0.3 is 5.97 Å². The quantitative estimate of drug-likeness (QED) is 0.274. The molecule has 6 nitrogen and oxygen atoms in total. The number of rotatable bonds is 8. The third-order valence-electron chi connectivity index (χ3n) is 3.54. The average Bonchev–Trinajstić information content (AvgIpc) is 2.67. The molecule has 2 aromatic carbocycles. The van der Waals surface area contributed by atoms with Gasteiger partial charge < -0.3 is 9.47 Å². The smallest absolute Gasteiger partial charge is 0.344 e. The molecular formula is C22H25ClN2O4S. The molecule has 2 aromatic rings. The van der Waals surface area contributed by atoms with Crippen molar-refractivity contribution >= 4 is 41.5 Å². The second kappa shape index (κ2) is 11.0. The highest BCUT2D eigenvalue weighted by Gasteiger charge is 2.16. The molecule has 1 amide bonds. The van der Waals surface area contributed by atoms with Crippen LogP contribution in [-0.4, -0.2) is 35.5 Å². The Morgan fingerprint density at radius 1 is 1.13 bits per heavy atom. The van der Waals surface area contributed by atoms with Gasteiger partial charge in [0.25, 0.3) is 5.91 Å². The van der Waals surface area contributed by atoms with Crippen molar-refractivity contribution in [2.45, 2.75) is 43.4 Å². The van der Waals surface area contributed by atoms with Gasteiger partial charge in [0.1, 0.15) is 11.4 Å². The number of thioether (sulfide) groups is 1. The maximum Gasteiger partial charge on any atom is 0.344 e. The van der Waals surface area contributed by atoms with Crippen molar-refractivity contribution in [2.24, 2.45) is 5.10 Å². The van der Waals surface area contributed by atoms with Crippen LogP contribution in [0.3, 0.4) is 0 Å². The van der Waals surface area contributed by atoms with E-state index in [1.807, 2.05) is 12.1 Å². The predicted octanol–water partition coefficient (Wildman–Crippen LogP) is 4.69. The lowest BCUT2D eigenvalue weighted by molar-refractivity contribution is -0.157. The number of nitrogens with zero attached hydrogens (tertiary/aromatic N) is 1. The minimum absolute atomic E-state index is 0.163. The Balaban J connectivity index is 1.78. The van der Waals surface area contributed by atoms with Gasteiger partial charge in [-0.05, 0) is 81.8 Å². The molecule has 30 heavy (non-hydrogen) atoms. The Hall–Kier alpha value is -2.51. The first kappa shape index (κ1) is 23.8. The van der Waals surface area contributed by atoms with Gasteiger partial charge in [-0.3, -0.25) is 4.79 Å². The molecule has 0 saturated carbocycles. The van der Waals surface area contributed by atoms with Crippen molar-refractivity contribution in [3.05, 3.63) is 59.1 Å². The summed E-state index contributed by atoms with van der Waals surface area (Å²) in [6.07, 6.45) is 1.54. The van der Waals surface area contributed by atoms with Gasteiger partial charge in [-0.1, -0.05) is 11.6 Å². The van der Waals surface area contributed by atoms with E-state index < -0.39 is 11.6 Å². The zero-order valence-corrected chi connectivity index (χ0v) is 18.9. The van der Waals surface area contributed by atoms with Crippen LogP contribution in [0, 0.1) is 0 Å². The molecule has 0 saturated heterocycles. The Labute approximate surface area is 186 Å². The molecule has 0 aliphatic heterocycles. The van der Waals surface area contributed by atoms with E-state index in [9.17, 15) is 9.59 Å². The lowest BCUT2D eigenvalue weighted by atomic mass is 10.2. The molecule has 0 bridgehead atoms. The summed E-state index contributed by atoms with van der Waals surface area (Å²) in [6, 6.07) is 14.3. The van der Waals surface area contributed by atoms with E-state index in [2.05, 4.69) is 10.5 Å². The highest BCUT2D eigenvalue weighted by atomic mass is 35.5. The van der Waals surface area contributed by atoms with E-state index in [0.29, 0.717) is 10.8 Å². The fourth-order valence-corrected chi connectivity index (χ4v) is 3.18. The molecule has 0 spiro atoms. The van der Waals surface area contributed by atoms with E-state index >= 15 is 0 Å². The molecule has 0 aliphatic rings. The molecular weight excluding hydrogens is 424 g/mol. The fraction of sp³-hybridized carbons (Fsp3) is 0.318. The molecule has 0 fully saturated rings. The molecule has 0 aromatic heterocycles. The number of benzene rings is 2. The zero-order chi connectivity index (χ0) is 22.1. The summed E-state index contributed by atoms with van der Waals surface area (Å²) in [5.74, 6) is -0.0972. The minimum atomic E-state index is -0.546. The molecule has 1 atom stereocenters. The fourth-order valence-electron chi connectivity index (χ4n) is 2.20. The van der Waals surface area contributed by atoms with Crippen LogP contribution in [0.1, 0.15) is 33.3 Å². The van der Waals surface area contributed by atoms with E-state index in [0.717, 1.165) is 10.5 Å². The molecule has 0 radical (unpaired) electrons. The van der Waals surface area contributed by atoms with Crippen LogP contribution in [0.2, 0.25) is 5.02 Å². The highest BCUT2D eigenvalue weighted by molar-refractivity contribution is 8.00. The molecule has 0 unspecified atom stereocenters. The van der Waals surface area contributed by atoms with Crippen LogP contribution in [0.4, 0.5) is 0 Å². The molecule has 160 valence electrons. The summed E-state index contributed by atoms with van der Waals surface area (Å²) < 4.78 is 10.6. The lowest BCUT2D eigenvalue weighted by Crippen LogP contribution is -2.27. The second-order valence-corrected chi connectivity index (χ2v) is 9.24. The summed E-state index contributed by atoms with van der Waals surface area (Å²) in [5.41, 5.74) is 2.76. The maximum atomic E-state index is 12.2. The van der Waals surface area contributed by atoms with E-state index in [4.69, 9.17) is 21.1 Å². The highest BCUT2D eigenvalue weighted by Crippen LogP contribution is 2.24. The minimum Gasteiger partial charge on any atom is -0.482 e. The van der Waals surface area contributed by atoms with Gasteiger partial charge in [-0.25, -0.2) is 10.2 Å². The Bertz CT molecular complexity index is 878. The van der Waals surface area contributed by atoms with Crippen LogP contribution in [0.15, 0.2) is 58.5 Å². The van der Waals surface area contributed by atoms with Gasteiger partial charge in [0, 0.05) is 9.92 Å². The average molecular weight is 449 g/mol. The molecule has 1 N–H and O–H groups in total. The van der Waals surface area contributed by atoms with E-state index in [1.165, 1.54) is 18.0 Å². The number of carbonyl (C=O) groups excluding carboxylic acids is 2. The standard InChI is InChI=1S/C22H25ClN2O4S/c1-15(30-19-11-7-17(23)8-12-19)21(27)25-24-13-16-5-9-18(10-6-16)28-14-20(26)29-22(2,3)4/h5-13,15H,14H2,1-4H3,(H,25,27)/b24-13-/t15-/m0/s1.